The normalized spacial score (nSPS) is 15.3. The number of guanidine groups is 1. The van der Waals surface area contributed by atoms with Crippen LogP contribution in [-0.2, 0) is 19.6 Å². The molecular formula is C25H42IN7. The van der Waals surface area contributed by atoms with Crippen molar-refractivity contribution in [1.29, 1.82) is 0 Å². The summed E-state index contributed by atoms with van der Waals surface area (Å²) in [5.41, 5.74) is 5.00. The molecule has 0 atom stereocenters. The third-order valence-electron chi connectivity index (χ3n) is 6.12. The van der Waals surface area contributed by atoms with Crippen molar-refractivity contribution in [2.75, 3.05) is 45.8 Å². The van der Waals surface area contributed by atoms with E-state index in [9.17, 15) is 0 Å². The zero-order valence-electron chi connectivity index (χ0n) is 20.8. The molecule has 1 aliphatic heterocycles. The number of hydrogen-bond donors (Lipinski definition) is 2. The van der Waals surface area contributed by atoms with Crippen molar-refractivity contribution in [2.24, 2.45) is 4.99 Å². The van der Waals surface area contributed by atoms with E-state index >= 15 is 0 Å². The van der Waals surface area contributed by atoms with Gasteiger partial charge < -0.3 is 15.5 Å². The summed E-state index contributed by atoms with van der Waals surface area (Å²) in [4.78, 5) is 9.96. The van der Waals surface area contributed by atoms with Crippen molar-refractivity contribution < 1.29 is 0 Å². The van der Waals surface area contributed by atoms with Crippen molar-refractivity contribution in [1.82, 2.24) is 30.2 Å². The molecule has 1 aliphatic rings. The summed E-state index contributed by atoms with van der Waals surface area (Å²) in [6.45, 7) is 18.6. The minimum Gasteiger partial charge on any atom is -0.357 e. The quantitative estimate of drug-likeness (QED) is 0.200. The number of halogens is 1. The largest absolute Gasteiger partial charge is 0.357 e. The molecule has 184 valence electrons. The Balaban J connectivity index is 0.00000385. The molecule has 0 bridgehead atoms. The number of piperazine rings is 1. The number of aromatic nitrogens is 2. The second-order valence-corrected chi connectivity index (χ2v) is 8.60. The SMILES string of the molecule is CCNC(=NCc1ccccc1CN1CCN(CC)CC1)NCCCn1nc(C)cc1C.I. The minimum absolute atomic E-state index is 0. The molecule has 1 fully saturated rings. The maximum atomic E-state index is 4.87. The molecule has 0 saturated carbocycles. The predicted molar refractivity (Wildman–Crippen MR) is 148 cm³/mol. The number of aryl methyl sites for hydroxylation is 3. The van der Waals surface area contributed by atoms with E-state index in [4.69, 9.17) is 4.99 Å². The summed E-state index contributed by atoms with van der Waals surface area (Å²) in [6, 6.07) is 10.9. The van der Waals surface area contributed by atoms with Crippen molar-refractivity contribution >= 4 is 29.9 Å². The second kappa shape index (κ2) is 14.6. The Kier molecular flexibility index (Phi) is 12.2. The van der Waals surface area contributed by atoms with Crippen LogP contribution in [0.1, 0.15) is 42.8 Å². The standard InChI is InChI=1S/C25H41N7.HI/c1-5-26-25(27-12-9-13-32-22(4)18-21(3)29-32)28-19-23-10-7-8-11-24(23)20-31-16-14-30(6-2)15-17-31;/h7-8,10-11,18H,5-6,9,12-17,19-20H2,1-4H3,(H2,26,27,28);1H. The Bertz CT molecular complexity index is 856. The lowest BCUT2D eigenvalue weighted by Crippen LogP contribution is -2.45. The highest BCUT2D eigenvalue weighted by Gasteiger charge is 2.16. The van der Waals surface area contributed by atoms with E-state index in [1.807, 2.05) is 6.92 Å². The van der Waals surface area contributed by atoms with Gasteiger partial charge in [-0.3, -0.25) is 9.58 Å². The Morgan fingerprint density at radius 1 is 1.00 bits per heavy atom. The zero-order chi connectivity index (χ0) is 22.8. The average molecular weight is 568 g/mol. The smallest absolute Gasteiger partial charge is 0.191 e. The Morgan fingerprint density at radius 3 is 2.33 bits per heavy atom. The highest BCUT2D eigenvalue weighted by Crippen LogP contribution is 2.14. The van der Waals surface area contributed by atoms with Crippen LogP contribution in [0.2, 0.25) is 0 Å². The summed E-state index contributed by atoms with van der Waals surface area (Å²) in [6.07, 6.45) is 1.01. The second-order valence-electron chi connectivity index (χ2n) is 8.60. The van der Waals surface area contributed by atoms with Crippen LogP contribution in [-0.4, -0.2) is 71.4 Å². The highest BCUT2D eigenvalue weighted by atomic mass is 127. The van der Waals surface area contributed by atoms with E-state index in [2.05, 4.69) is 81.3 Å². The van der Waals surface area contributed by atoms with Gasteiger partial charge in [0, 0.05) is 58.1 Å². The molecule has 3 rings (SSSR count). The molecule has 2 heterocycles. The van der Waals surface area contributed by atoms with Crippen LogP contribution in [0.5, 0.6) is 0 Å². The average Bonchev–Trinajstić information content (AvgIpc) is 3.13. The van der Waals surface area contributed by atoms with E-state index in [1.54, 1.807) is 0 Å². The fourth-order valence-corrected chi connectivity index (χ4v) is 4.21. The van der Waals surface area contributed by atoms with Crippen LogP contribution in [0.25, 0.3) is 0 Å². The van der Waals surface area contributed by atoms with Crippen LogP contribution < -0.4 is 10.6 Å². The maximum Gasteiger partial charge on any atom is 0.191 e. The van der Waals surface area contributed by atoms with Gasteiger partial charge in [0.1, 0.15) is 0 Å². The van der Waals surface area contributed by atoms with E-state index in [0.717, 1.165) is 63.9 Å². The monoisotopic (exact) mass is 567 g/mol. The van der Waals surface area contributed by atoms with Crippen molar-refractivity contribution in [3.05, 3.63) is 52.8 Å². The summed E-state index contributed by atoms with van der Waals surface area (Å²) < 4.78 is 2.08. The minimum atomic E-state index is 0. The lowest BCUT2D eigenvalue weighted by Gasteiger charge is -2.34. The van der Waals surface area contributed by atoms with Gasteiger partial charge in [-0.25, -0.2) is 4.99 Å². The van der Waals surface area contributed by atoms with Crippen LogP contribution in [0.3, 0.4) is 0 Å². The number of nitrogens with zero attached hydrogens (tertiary/aromatic N) is 5. The van der Waals surface area contributed by atoms with Crippen molar-refractivity contribution in [2.45, 2.75) is 53.8 Å². The third kappa shape index (κ3) is 8.90. The molecule has 0 aliphatic carbocycles. The van der Waals surface area contributed by atoms with Gasteiger partial charge in [-0.1, -0.05) is 31.2 Å². The summed E-state index contributed by atoms with van der Waals surface area (Å²) in [5.74, 6) is 0.882. The molecule has 0 unspecified atom stereocenters. The van der Waals surface area contributed by atoms with Crippen molar-refractivity contribution in [3.63, 3.8) is 0 Å². The molecule has 1 saturated heterocycles. The Labute approximate surface area is 217 Å². The summed E-state index contributed by atoms with van der Waals surface area (Å²) in [7, 11) is 0. The molecule has 0 spiro atoms. The number of benzene rings is 1. The molecule has 2 N–H and O–H groups in total. The first-order valence-electron chi connectivity index (χ1n) is 12.1. The first-order valence-corrected chi connectivity index (χ1v) is 12.1. The maximum absolute atomic E-state index is 4.87. The molecule has 8 heteroatoms. The number of hydrogen-bond acceptors (Lipinski definition) is 4. The van der Waals surface area contributed by atoms with E-state index in [0.29, 0.717) is 6.54 Å². The van der Waals surface area contributed by atoms with Crippen LogP contribution >= 0.6 is 24.0 Å². The summed E-state index contributed by atoms with van der Waals surface area (Å²) in [5, 5.41) is 11.4. The number of likely N-dealkylation sites (N-methyl/N-ethyl adjacent to an activating group) is 1. The Hall–Kier alpha value is -1.65. The van der Waals surface area contributed by atoms with E-state index in [-0.39, 0.29) is 24.0 Å². The molecule has 33 heavy (non-hydrogen) atoms. The van der Waals surface area contributed by atoms with Crippen LogP contribution in [0.15, 0.2) is 35.3 Å². The lowest BCUT2D eigenvalue weighted by atomic mass is 10.1. The first kappa shape index (κ1) is 27.6. The first-order chi connectivity index (χ1) is 15.6. The molecule has 1 aromatic heterocycles. The summed E-state index contributed by atoms with van der Waals surface area (Å²) >= 11 is 0. The number of nitrogens with one attached hydrogen (secondary N) is 2. The molecular weight excluding hydrogens is 525 g/mol. The topological polar surface area (TPSA) is 60.7 Å². The van der Waals surface area contributed by atoms with Gasteiger partial charge in [0.2, 0.25) is 0 Å². The van der Waals surface area contributed by atoms with Gasteiger partial charge in [0.15, 0.2) is 5.96 Å². The highest BCUT2D eigenvalue weighted by molar-refractivity contribution is 14.0. The number of aliphatic imine (C=N–C) groups is 1. The van der Waals surface area contributed by atoms with Gasteiger partial charge >= 0.3 is 0 Å². The number of rotatable bonds is 10. The predicted octanol–water partition coefficient (Wildman–Crippen LogP) is 3.40. The van der Waals surface area contributed by atoms with E-state index < -0.39 is 0 Å². The fraction of sp³-hybridized carbons (Fsp3) is 0.600. The van der Waals surface area contributed by atoms with E-state index in [1.165, 1.54) is 29.9 Å². The van der Waals surface area contributed by atoms with Gasteiger partial charge in [-0.15, -0.1) is 24.0 Å². The third-order valence-corrected chi connectivity index (χ3v) is 6.12. The fourth-order valence-electron chi connectivity index (χ4n) is 4.21. The molecule has 1 aromatic carbocycles. The van der Waals surface area contributed by atoms with Gasteiger partial charge in [-0.05, 0) is 50.9 Å². The van der Waals surface area contributed by atoms with Crippen molar-refractivity contribution in [3.8, 4) is 0 Å². The van der Waals surface area contributed by atoms with Crippen LogP contribution in [0, 0.1) is 13.8 Å². The van der Waals surface area contributed by atoms with Gasteiger partial charge in [0.05, 0.1) is 12.2 Å². The molecule has 0 radical (unpaired) electrons. The lowest BCUT2D eigenvalue weighted by molar-refractivity contribution is 0.131. The van der Waals surface area contributed by atoms with Crippen LogP contribution in [0.4, 0.5) is 0 Å². The van der Waals surface area contributed by atoms with Gasteiger partial charge in [-0.2, -0.15) is 5.10 Å². The van der Waals surface area contributed by atoms with Gasteiger partial charge in [0.25, 0.3) is 0 Å². The zero-order valence-corrected chi connectivity index (χ0v) is 23.1. The molecule has 2 aromatic rings. The molecule has 7 nitrogen and oxygen atoms in total. The Morgan fingerprint density at radius 2 is 1.70 bits per heavy atom. The molecule has 0 amide bonds.